The van der Waals surface area contributed by atoms with Crippen LogP contribution in [0.5, 0.6) is 0 Å². The van der Waals surface area contributed by atoms with Crippen LogP contribution < -0.4 is 3.95 Å². The number of pyridine rings is 1. The SMILES string of the molecule is C.C.C.C.C[C@]12CC(=O)C[C@@H]1CC[C@@H]1[C@@H]2CC[C@]2(C)C(O)CC[C@@H]12.C[C@]12COC(=O)C[C@@H]1CC[C@@H]1[C@@H]2CC[C@]2(C)C(=O)CC[C@@H]12.C[C@]12COC(=O)C[C@@H]1CC[C@@H]1[C@@H]2CC[C@]2(C)C(O)CC[C@@H]12.C[C@]12COC(=O)C[C@@H]1CC[C@@H]1[C@@H]2CC[C@]2(C)C(OS(=O)(=O)C(F)(F)F)=CC[C@@H]12.C[C@]12COC(=O)C[C@@H]1CC[C@@H]1[C@@H]2CC[C@]2(C)C(c3cccnc3)=CC[C@@H]12.NI. The van der Waals surface area contributed by atoms with Gasteiger partial charge in [0.05, 0.1) is 38.6 Å². The van der Waals surface area contributed by atoms with Gasteiger partial charge in [-0.15, -0.1) is 0 Å². The fourth-order valence-corrected chi connectivity index (χ4v) is 33.9. The van der Waals surface area contributed by atoms with Gasteiger partial charge in [0.2, 0.25) is 0 Å². The van der Waals surface area contributed by atoms with Crippen molar-refractivity contribution in [2.75, 3.05) is 26.4 Å². The number of hydrogen-bond donors (Lipinski definition) is 3. The van der Waals surface area contributed by atoms with Crippen molar-refractivity contribution in [2.45, 2.75) is 335 Å². The molecular weight excluding hydrogens is 1690 g/mol. The van der Waals surface area contributed by atoms with E-state index in [-0.39, 0.29) is 138 Å². The molecule has 122 heavy (non-hydrogen) atoms. The monoisotopic (exact) mass is 1840 g/mol. The number of nitrogens with two attached hydrogens (primary N) is 1. The minimum atomic E-state index is -5.66. The molecule has 0 amide bonds. The number of rotatable bonds is 3. The van der Waals surface area contributed by atoms with E-state index in [0.717, 1.165) is 113 Å². The van der Waals surface area contributed by atoms with E-state index in [2.05, 4.69) is 93.6 Å². The van der Waals surface area contributed by atoms with E-state index in [4.69, 9.17) is 18.9 Å². The lowest BCUT2D eigenvalue weighted by Gasteiger charge is -2.59. The molecule has 21 rings (SSSR count). The normalized spacial score (nSPS) is 47.7. The Morgan fingerprint density at radius 2 is 0.779 bits per heavy atom. The third-order valence-corrected chi connectivity index (χ3v) is 41.3. The second-order valence-electron chi connectivity index (χ2n) is 44.7. The molecule has 0 spiro atoms. The maximum absolute atomic E-state index is 12.8. The van der Waals surface area contributed by atoms with Gasteiger partial charge in [0.25, 0.3) is 0 Å². The summed E-state index contributed by atoms with van der Waals surface area (Å²) in [6.07, 6.45) is 42.2. The Hall–Kier alpha value is -4.00. The average molecular weight is 1840 g/mol. The first-order valence-corrected chi connectivity index (χ1v) is 49.0. The second kappa shape index (κ2) is 35.4. The summed E-state index contributed by atoms with van der Waals surface area (Å²) in [5.41, 5.74) is -2.07. The standard InChI is InChI=1S/C23H29NO2.C19H25F3O5S.C18H28O3.C18H26O3.C18H28O2.4CH4.H2IN/c1-22-10-9-20-17(6-5-16-12-21(25)26-14-23(16,20)2)19(22)8-7-18(22)15-4-3-11-24-13-15;1-17-8-7-14-12(4-3-11-9-16(23)26-10-18(11,14)2)13(17)5-6-15(17)27-28(24,25)19(20,21)22;2*1-17-8-7-14-12(13(17)5-6-15(17)19)4-3-11-9-16(20)21-10-18(11,14)2;1-17-8-7-15-13(14(17)5-6-16(17)20)4-3-11-9-12(19)10-18(11,15)2;;;;;1-2/h3-4,7,11,13,16-17,19-20H,5-6,8-10,12,14H2,1-2H3;6,11-14H,3-5,7-10H2,1-2H3;11-15,19H,3-10H2,1-2H3;11-14H,3-10H2,1-2H3;11,13-16,20H,3-10H2,1-2H3;4*1H4;2H2/t16-,17-,19-,20-,22+,23-;11-,12-,13-,14-,17-,18-;11-,12-,13-,14-,15?,17-,18-;11-,12-,13-,14-,17-,18-;11-,13-,14-,15-,16?,17-,18-;;;;;/m00000...../s1. The van der Waals surface area contributed by atoms with E-state index in [1.807, 2.05) is 19.3 Å². The van der Waals surface area contributed by atoms with Crippen molar-refractivity contribution in [3.05, 3.63) is 48.0 Å². The van der Waals surface area contributed by atoms with Crippen LogP contribution in [0.2, 0.25) is 0 Å². The van der Waals surface area contributed by atoms with Crippen molar-refractivity contribution in [1.82, 2.24) is 4.98 Å². The van der Waals surface area contributed by atoms with Crippen LogP contribution in [-0.4, -0.2) is 103 Å². The number of allylic oxidation sites excluding steroid dienone is 4. The number of hydrogen-bond acceptors (Lipinski definition) is 17. The van der Waals surface area contributed by atoms with Gasteiger partial charge in [-0.3, -0.25) is 37.7 Å². The summed E-state index contributed by atoms with van der Waals surface area (Å²) >= 11 is 1.65. The van der Waals surface area contributed by atoms with E-state index < -0.39 is 21.0 Å². The van der Waals surface area contributed by atoms with E-state index in [1.165, 1.54) is 114 Å². The molecule has 4 aliphatic heterocycles. The van der Waals surface area contributed by atoms with Gasteiger partial charge in [-0.05, 0) is 337 Å². The Morgan fingerprint density at radius 3 is 1.19 bits per heavy atom. The quantitative estimate of drug-likeness (QED) is 0.0634. The summed E-state index contributed by atoms with van der Waals surface area (Å²) in [6, 6.07) is 4.28. The molecule has 14 saturated carbocycles. The lowest BCUT2D eigenvalue weighted by Crippen LogP contribution is -2.56. The summed E-state index contributed by atoms with van der Waals surface area (Å²) < 4.78 is 92.4. The number of aliphatic hydroxyl groups is 2. The molecule has 5 heterocycles. The fraction of sp³-hybridized carbons (Fsp3) is 0.850. The predicted octanol–water partition coefficient (Wildman–Crippen LogP) is 22.0. The molecule has 22 heteroatoms. The summed E-state index contributed by atoms with van der Waals surface area (Å²) in [7, 11) is -5.66. The molecule has 0 radical (unpaired) electrons. The van der Waals surface area contributed by atoms with Crippen molar-refractivity contribution >= 4 is 74.0 Å². The zero-order valence-corrected chi connectivity index (χ0v) is 75.2. The number of alkyl halides is 3. The van der Waals surface area contributed by atoms with Crippen LogP contribution in [0, 0.1) is 173 Å². The van der Waals surface area contributed by atoms with Gasteiger partial charge in [-0.25, -0.2) is 0 Å². The fourth-order valence-electron chi connectivity index (χ4n) is 33.4. The number of cyclic esters (lactones) is 4. The minimum Gasteiger partial charge on any atom is -0.465 e. The van der Waals surface area contributed by atoms with Crippen molar-refractivity contribution in [2.24, 2.45) is 176 Å². The van der Waals surface area contributed by atoms with Gasteiger partial charge in [0.15, 0.2) is 0 Å². The van der Waals surface area contributed by atoms with Crippen molar-refractivity contribution in [1.29, 1.82) is 0 Å². The Labute approximate surface area is 743 Å². The predicted molar refractivity (Wildman–Crippen MR) is 475 cm³/mol. The van der Waals surface area contributed by atoms with Crippen LogP contribution in [0.3, 0.4) is 0 Å². The molecule has 0 aromatic carbocycles. The number of fused-ring (bicyclic) bond motifs is 25. The zero-order chi connectivity index (χ0) is 84.3. The topological polar surface area (TPSA) is 262 Å². The third kappa shape index (κ3) is 15.9. The molecule has 688 valence electrons. The van der Waals surface area contributed by atoms with Crippen molar-refractivity contribution < 1.29 is 83.7 Å². The van der Waals surface area contributed by atoms with Gasteiger partial charge in [-0.1, -0.05) is 111 Å². The highest BCUT2D eigenvalue weighted by atomic mass is 127. The number of aliphatic hydroxyl groups excluding tert-OH is 2. The molecule has 4 saturated heterocycles. The summed E-state index contributed by atoms with van der Waals surface area (Å²) in [5, 5.41) is 20.8. The van der Waals surface area contributed by atoms with E-state index >= 15 is 0 Å². The number of nitrogens with zero attached hydrogens (tertiary/aromatic N) is 1. The third-order valence-electron chi connectivity index (χ3n) is 40.4. The number of carbonyl (C=O) groups excluding carboxylic acids is 6. The Morgan fingerprint density at radius 1 is 0.426 bits per heavy atom. The number of ether oxygens (including phenoxy) is 4. The molecule has 1 aromatic rings. The Bertz CT molecular complexity index is 4200. The average Bonchev–Trinajstić information content (AvgIpc) is 1.42. The van der Waals surface area contributed by atoms with Gasteiger partial charge >= 0.3 is 39.5 Å². The number of halogens is 4. The largest absolute Gasteiger partial charge is 0.534 e. The molecule has 32 atom stereocenters. The van der Waals surface area contributed by atoms with Gasteiger partial charge < -0.3 is 33.3 Å². The molecule has 18 fully saturated rings. The lowest BCUT2D eigenvalue weighted by molar-refractivity contribution is -0.182. The summed E-state index contributed by atoms with van der Waals surface area (Å²) in [5.74, 6) is 12.4. The van der Waals surface area contributed by atoms with E-state index in [1.54, 1.807) is 22.9 Å². The van der Waals surface area contributed by atoms with Crippen LogP contribution in [-0.2, 0) is 62.0 Å². The molecular formula is C100H154F3IN2O15S. The molecule has 20 aliphatic rings. The first-order valence-electron chi connectivity index (χ1n) is 46.3. The van der Waals surface area contributed by atoms with Gasteiger partial charge in [-0.2, -0.15) is 21.6 Å². The highest BCUT2D eigenvalue weighted by molar-refractivity contribution is 14.1. The number of aromatic nitrogens is 1. The van der Waals surface area contributed by atoms with Crippen LogP contribution in [0.25, 0.3) is 5.57 Å². The molecule has 17 nitrogen and oxygen atoms in total. The molecule has 2 unspecified atom stereocenters. The number of Topliss-reactive ketones (excluding diaryl/α,β-unsaturated/α-hetero) is 2. The highest BCUT2D eigenvalue weighted by Crippen LogP contribution is 2.72. The van der Waals surface area contributed by atoms with Crippen molar-refractivity contribution in [3.63, 3.8) is 0 Å². The summed E-state index contributed by atoms with van der Waals surface area (Å²) in [4.78, 5) is 75.5. The van der Waals surface area contributed by atoms with Gasteiger partial charge in [0.1, 0.15) is 17.3 Å². The molecule has 1 aromatic heterocycles. The minimum absolute atomic E-state index is 0. The lowest BCUT2D eigenvalue weighted by atomic mass is 9.46. The Kier molecular flexibility index (Phi) is 28.1. The van der Waals surface area contributed by atoms with E-state index in [9.17, 15) is 60.6 Å². The highest BCUT2D eigenvalue weighted by Gasteiger charge is 2.68. The summed E-state index contributed by atoms with van der Waals surface area (Å²) in [6.45, 7) is 25.2. The smallest absolute Gasteiger partial charge is 0.465 e. The van der Waals surface area contributed by atoms with Crippen LogP contribution in [0.1, 0.15) is 323 Å². The maximum Gasteiger partial charge on any atom is 0.534 e. The number of carbonyl (C=O) groups is 6. The van der Waals surface area contributed by atoms with E-state index in [0.29, 0.717) is 148 Å². The Balaban J connectivity index is 0.000000138. The van der Waals surface area contributed by atoms with Crippen LogP contribution in [0.4, 0.5) is 13.2 Å². The van der Waals surface area contributed by atoms with Crippen molar-refractivity contribution in [3.8, 4) is 0 Å². The first-order chi connectivity index (χ1) is 55.8. The maximum atomic E-state index is 12.8. The molecule has 0 bridgehead atoms. The zero-order valence-electron chi connectivity index (χ0n) is 72.2. The first kappa shape index (κ1) is 97.1. The van der Waals surface area contributed by atoms with Crippen LogP contribution in [0.15, 0.2) is 42.4 Å². The number of esters is 4. The number of ketones is 2. The molecule has 16 aliphatic carbocycles. The molecule has 4 N–H and O–H groups in total. The van der Waals surface area contributed by atoms with Crippen LogP contribution >= 0.6 is 22.9 Å². The van der Waals surface area contributed by atoms with Gasteiger partial charge in [0, 0.05) is 113 Å². The second-order valence-corrected chi connectivity index (χ2v) is 46.2.